The first-order valence-corrected chi connectivity index (χ1v) is 8.99. The molecule has 0 bridgehead atoms. The van der Waals surface area contributed by atoms with Gasteiger partial charge in [0.1, 0.15) is 23.9 Å². The highest BCUT2D eigenvalue weighted by Crippen LogP contribution is 2.09. The van der Waals surface area contributed by atoms with Gasteiger partial charge < -0.3 is 26.5 Å². The fraction of sp³-hybridized carbons (Fsp3) is 0.421. The Hall–Kier alpha value is -3.23. The van der Waals surface area contributed by atoms with Gasteiger partial charge in [0, 0.05) is 12.8 Å². The first kappa shape index (κ1) is 21.1. The van der Waals surface area contributed by atoms with Gasteiger partial charge in [-0.15, -0.1) is 0 Å². The third-order valence-electron chi connectivity index (χ3n) is 4.40. The van der Waals surface area contributed by atoms with Crippen molar-refractivity contribution in [2.45, 2.75) is 50.7 Å². The van der Waals surface area contributed by atoms with Crippen LogP contribution in [-0.4, -0.2) is 47.5 Å². The van der Waals surface area contributed by atoms with Crippen molar-refractivity contribution in [2.24, 2.45) is 5.73 Å². The summed E-state index contributed by atoms with van der Waals surface area (Å²) in [5.41, 5.74) is 6.13. The number of carbonyl (C=O) groups excluding carboxylic acids is 5. The van der Waals surface area contributed by atoms with E-state index in [4.69, 9.17) is 5.73 Å². The summed E-state index contributed by atoms with van der Waals surface area (Å²) in [6, 6.07) is 6.47. The van der Waals surface area contributed by atoms with Crippen LogP contribution in [0.4, 0.5) is 0 Å². The van der Waals surface area contributed by atoms with Crippen LogP contribution in [0.15, 0.2) is 30.3 Å². The van der Waals surface area contributed by atoms with Gasteiger partial charge in [-0.3, -0.25) is 19.2 Å². The van der Waals surface area contributed by atoms with E-state index in [1.807, 2.05) is 30.3 Å². The molecule has 0 radical (unpaired) electrons. The number of rotatable bonds is 9. The van der Waals surface area contributed by atoms with Crippen molar-refractivity contribution >= 4 is 29.4 Å². The number of Topliss-reactive ketones (excluding diaryl/α,β-unsaturated/α-hetero) is 1. The molecule has 1 aromatic rings. The highest BCUT2D eigenvalue weighted by molar-refractivity contribution is 5.99. The van der Waals surface area contributed by atoms with Crippen LogP contribution in [0.25, 0.3) is 0 Å². The maximum atomic E-state index is 12.3. The molecule has 28 heavy (non-hydrogen) atoms. The van der Waals surface area contributed by atoms with E-state index in [1.165, 1.54) is 6.92 Å². The minimum absolute atomic E-state index is 0.0821. The molecule has 0 saturated carbocycles. The Kier molecular flexibility index (Phi) is 7.25. The quantitative estimate of drug-likeness (QED) is 0.426. The maximum absolute atomic E-state index is 12.3. The SMILES string of the molecule is CC(=O)CC[C@H](NC(=O)C[C@@H]1NC(=O)[C@H](Cc2ccccc2)NC1=O)C(N)=O. The van der Waals surface area contributed by atoms with E-state index >= 15 is 0 Å². The summed E-state index contributed by atoms with van der Waals surface area (Å²) in [5, 5.41) is 7.57. The number of benzene rings is 1. The van der Waals surface area contributed by atoms with Crippen LogP contribution in [0.5, 0.6) is 0 Å². The van der Waals surface area contributed by atoms with Crippen molar-refractivity contribution in [1.29, 1.82) is 0 Å². The lowest BCUT2D eigenvalue weighted by atomic mass is 10.0. The zero-order chi connectivity index (χ0) is 20.7. The molecule has 3 atom stereocenters. The van der Waals surface area contributed by atoms with Crippen LogP contribution >= 0.6 is 0 Å². The second kappa shape index (κ2) is 9.63. The molecule has 150 valence electrons. The molecule has 0 spiro atoms. The summed E-state index contributed by atoms with van der Waals surface area (Å²) < 4.78 is 0. The number of primary amides is 1. The number of piperazine rings is 1. The van der Waals surface area contributed by atoms with Crippen LogP contribution in [0.1, 0.15) is 31.7 Å². The standard InChI is InChI=1S/C19H24N4O5/c1-11(24)7-8-13(17(20)26)21-16(25)10-15-19(28)22-14(18(27)23-15)9-12-5-3-2-4-6-12/h2-6,13-15H,7-10H2,1H3,(H2,20,26)(H,21,25)(H,22,28)(H,23,27)/t13-,14-,15-/m0/s1. The normalized spacial score (nSPS) is 19.9. The maximum Gasteiger partial charge on any atom is 0.243 e. The van der Waals surface area contributed by atoms with E-state index in [0.29, 0.717) is 6.42 Å². The van der Waals surface area contributed by atoms with Crippen LogP contribution < -0.4 is 21.7 Å². The fourth-order valence-electron chi connectivity index (χ4n) is 2.88. The average Bonchev–Trinajstić information content (AvgIpc) is 2.63. The summed E-state index contributed by atoms with van der Waals surface area (Å²) in [7, 11) is 0. The molecule has 0 unspecified atom stereocenters. The molecular weight excluding hydrogens is 364 g/mol. The molecule has 5 N–H and O–H groups in total. The molecule has 1 aliphatic rings. The van der Waals surface area contributed by atoms with Gasteiger partial charge in [-0.25, -0.2) is 0 Å². The van der Waals surface area contributed by atoms with Crippen molar-refractivity contribution in [2.75, 3.05) is 0 Å². The lowest BCUT2D eigenvalue weighted by Crippen LogP contribution is -2.63. The Morgan fingerprint density at radius 2 is 1.68 bits per heavy atom. The molecule has 1 fully saturated rings. The monoisotopic (exact) mass is 388 g/mol. The molecule has 1 aliphatic heterocycles. The van der Waals surface area contributed by atoms with E-state index in [0.717, 1.165) is 5.56 Å². The van der Waals surface area contributed by atoms with E-state index in [9.17, 15) is 24.0 Å². The minimum Gasteiger partial charge on any atom is -0.368 e. The van der Waals surface area contributed by atoms with E-state index < -0.39 is 35.8 Å². The number of hydrogen-bond acceptors (Lipinski definition) is 5. The highest BCUT2D eigenvalue weighted by Gasteiger charge is 2.35. The third-order valence-corrected chi connectivity index (χ3v) is 4.40. The van der Waals surface area contributed by atoms with E-state index in [2.05, 4.69) is 16.0 Å². The molecule has 1 heterocycles. The number of hydrogen-bond donors (Lipinski definition) is 4. The van der Waals surface area contributed by atoms with Crippen LogP contribution in [0.2, 0.25) is 0 Å². The molecule has 1 aromatic carbocycles. The lowest BCUT2D eigenvalue weighted by Gasteiger charge is -2.29. The predicted octanol–water partition coefficient (Wildman–Crippen LogP) is -1.06. The molecule has 0 aliphatic carbocycles. The topological polar surface area (TPSA) is 147 Å². The van der Waals surface area contributed by atoms with Gasteiger partial charge in [-0.2, -0.15) is 0 Å². The Morgan fingerprint density at radius 3 is 2.29 bits per heavy atom. The van der Waals surface area contributed by atoms with Gasteiger partial charge in [-0.1, -0.05) is 30.3 Å². The van der Waals surface area contributed by atoms with Gasteiger partial charge in [0.2, 0.25) is 23.6 Å². The number of nitrogens with two attached hydrogens (primary N) is 1. The first-order chi connectivity index (χ1) is 13.3. The number of ketones is 1. The van der Waals surface area contributed by atoms with Crippen LogP contribution in [-0.2, 0) is 30.4 Å². The minimum atomic E-state index is -1.04. The number of nitrogens with one attached hydrogen (secondary N) is 3. The van der Waals surface area contributed by atoms with Gasteiger partial charge in [0.05, 0.1) is 6.42 Å². The van der Waals surface area contributed by atoms with Crippen molar-refractivity contribution < 1.29 is 24.0 Å². The molecular formula is C19H24N4O5. The summed E-state index contributed by atoms with van der Waals surface area (Å²) in [5.74, 6) is -2.38. The van der Waals surface area contributed by atoms with Crippen molar-refractivity contribution in [3.8, 4) is 0 Å². The molecule has 9 nitrogen and oxygen atoms in total. The largest absolute Gasteiger partial charge is 0.368 e. The van der Waals surface area contributed by atoms with E-state index in [1.54, 1.807) is 0 Å². The first-order valence-electron chi connectivity index (χ1n) is 8.99. The fourth-order valence-corrected chi connectivity index (χ4v) is 2.88. The smallest absolute Gasteiger partial charge is 0.243 e. The van der Waals surface area contributed by atoms with Crippen LogP contribution in [0.3, 0.4) is 0 Å². The molecule has 1 saturated heterocycles. The Balaban J connectivity index is 1.89. The summed E-state index contributed by atoms with van der Waals surface area (Å²) in [6.45, 7) is 1.37. The lowest BCUT2D eigenvalue weighted by molar-refractivity contribution is -0.138. The highest BCUT2D eigenvalue weighted by atomic mass is 16.2. The zero-order valence-electron chi connectivity index (χ0n) is 15.6. The van der Waals surface area contributed by atoms with Crippen molar-refractivity contribution in [3.05, 3.63) is 35.9 Å². The summed E-state index contributed by atoms with van der Waals surface area (Å²) in [4.78, 5) is 59.2. The third kappa shape index (κ3) is 6.19. The molecule has 2 rings (SSSR count). The molecule has 4 amide bonds. The Bertz CT molecular complexity index is 765. The second-order valence-electron chi connectivity index (χ2n) is 6.78. The van der Waals surface area contributed by atoms with E-state index in [-0.39, 0.29) is 31.0 Å². The van der Waals surface area contributed by atoms with Crippen molar-refractivity contribution in [3.63, 3.8) is 0 Å². The second-order valence-corrected chi connectivity index (χ2v) is 6.78. The molecule has 0 aromatic heterocycles. The molecule has 9 heteroatoms. The van der Waals surface area contributed by atoms with Gasteiger partial charge in [0.15, 0.2) is 0 Å². The summed E-state index contributed by atoms with van der Waals surface area (Å²) in [6.07, 6.45) is 0.181. The van der Waals surface area contributed by atoms with Gasteiger partial charge in [0.25, 0.3) is 0 Å². The zero-order valence-corrected chi connectivity index (χ0v) is 15.6. The number of carbonyl (C=O) groups is 5. The van der Waals surface area contributed by atoms with Crippen LogP contribution in [0, 0.1) is 0 Å². The van der Waals surface area contributed by atoms with Gasteiger partial charge in [-0.05, 0) is 18.9 Å². The van der Waals surface area contributed by atoms with Gasteiger partial charge >= 0.3 is 0 Å². The average molecular weight is 388 g/mol. The van der Waals surface area contributed by atoms with Crippen molar-refractivity contribution in [1.82, 2.24) is 16.0 Å². The number of amides is 4. The Morgan fingerprint density at radius 1 is 1.07 bits per heavy atom. The predicted molar refractivity (Wildman–Crippen MR) is 99.7 cm³/mol. The summed E-state index contributed by atoms with van der Waals surface area (Å²) >= 11 is 0. The Labute approximate surface area is 162 Å².